The SMILES string of the molecule is COc1cc(Br)ccc1C(NN)c1c(Br)nnn1C. The van der Waals surface area contributed by atoms with Gasteiger partial charge in [-0.25, -0.2) is 10.1 Å². The largest absolute Gasteiger partial charge is 0.496 e. The van der Waals surface area contributed by atoms with E-state index in [0.717, 1.165) is 21.5 Å². The quantitative estimate of drug-likeness (QED) is 0.615. The summed E-state index contributed by atoms with van der Waals surface area (Å²) >= 11 is 6.79. The monoisotopic (exact) mass is 389 g/mol. The molecule has 6 nitrogen and oxygen atoms in total. The lowest BCUT2D eigenvalue weighted by atomic mass is 10.0. The van der Waals surface area contributed by atoms with Crippen LogP contribution in [0, 0.1) is 0 Å². The van der Waals surface area contributed by atoms with Gasteiger partial charge in [-0.05, 0) is 28.1 Å². The lowest BCUT2D eigenvalue weighted by Gasteiger charge is -2.19. The zero-order valence-electron chi connectivity index (χ0n) is 10.4. The number of hydrazine groups is 1. The molecular formula is C11H13Br2N5O. The Labute approximate surface area is 127 Å². The number of hydrogen-bond acceptors (Lipinski definition) is 5. The van der Waals surface area contributed by atoms with E-state index in [0.29, 0.717) is 4.60 Å². The molecule has 1 atom stereocenters. The average molecular weight is 391 g/mol. The number of nitrogens with two attached hydrogens (primary N) is 1. The summed E-state index contributed by atoms with van der Waals surface area (Å²) in [6.07, 6.45) is 0. The molecule has 0 amide bonds. The highest BCUT2D eigenvalue weighted by molar-refractivity contribution is 9.10. The summed E-state index contributed by atoms with van der Waals surface area (Å²) in [4.78, 5) is 0. The predicted octanol–water partition coefficient (Wildman–Crippen LogP) is 1.90. The molecule has 8 heteroatoms. The molecule has 3 N–H and O–H groups in total. The molecule has 2 rings (SSSR count). The first-order valence-electron chi connectivity index (χ1n) is 5.43. The second-order valence-corrected chi connectivity index (χ2v) is 5.54. The van der Waals surface area contributed by atoms with Crippen molar-refractivity contribution < 1.29 is 4.74 Å². The number of rotatable bonds is 4. The molecule has 0 saturated carbocycles. The Balaban J connectivity index is 2.54. The molecule has 0 aliphatic rings. The van der Waals surface area contributed by atoms with Gasteiger partial charge in [0.25, 0.3) is 0 Å². The van der Waals surface area contributed by atoms with Crippen molar-refractivity contribution in [3.05, 3.63) is 38.5 Å². The second kappa shape index (κ2) is 6.00. The summed E-state index contributed by atoms with van der Waals surface area (Å²) < 4.78 is 8.64. The van der Waals surface area contributed by atoms with E-state index in [1.54, 1.807) is 11.8 Å². The molecule has 0 aliphatic heterocycles. The number of nitrogens with zero attached hydrogens (tertiary/aromatic N) is 3. The summed E-state index contributed by atoms with van der Waals surface area (Å²) in [5, 5.41) is 7.93. The van der Waals surface area contributed by atoms with Crippen LogP contribution in [0.2, 0.25) is 0 Å². The minimum atomic E-state index is -0.280. The molecule has 19 heavy (non-hydrogen) atoms. The first-order valence-corrected chi connectivity index (χ1v) is 7.01. The van der Waals surface area contributed by atoms with Gasteiger partial charge in [-0.3, -0.25) is 5.84 Å². The maximum Gasteiger partial charge on any atom is 0.153 e. The lowest BCUT2D eigenvalue weighted by molar-refractivity contribution is 0.402. The van der Waals surface area contributed by atoms with E-state index < -0.39 is 0 Å². The van der Waals surface area contributed by atoms with Crippen LogP contribution in [-0.4, -0.2) is 22.1 Å². The van der Waals surface area contributed by atoms with E-state index in [2.05, 4.69) is 47.6 Å². The van der Waals surface area contributed by atoms with Gasteiger partial charge < -0.3 is 4.74 Å². The van der Waals surface area contributed by atoms with Crippen molar-refractivity contribution in [3.8, 4) is 5.75 Å². The highest BCUT2D eigenvalue weighted by Gasteiger charge is 2.23. The smallest absolute Gasteiger partial charge is 0.153 e. The molecule has 1 aromatic carbocycles. The normalized spacial score (nSPS) is 12.5. The molecule has 0 radical (unpaired) electrons. The van der Waals surface area contributed by atoms with Gasteiger partial charge in [-0.1, -0.05) is 27.2 Å². The molecule has 2 aromatic rings. The van der Waals surface area contributed by atoms with Crippen LogP contribution in [-0.2, 0) is 7.05 Å². The van der Waals surface area contributed by atoms with Gasteiger partial charge >= 0.3 is 0 Å². The van der Waals surface area contributed by atoms with Gasteiger partial charge in [-0.2, -0.15) is 0 Å². The molecule has 0 aliphatic carbocycles. The number of methoxy groups -OCH3 is 1. The molecule has 1 unspecified atom stereocenters. The highest BCUT2D eigenvalue weighted by Crippen LogP contribution is 2.33. The Kier molecular flexibility index (Phi) is 4.56. The summed E-state index contributed by atoms with van der Waals surface area (Å²) in [5.41, 5.74) is 4.49. The summed E-state index contributed by atoms with van der Waals surface area (Å²) in [6, 6.07) is 5.47. The first-order chi connectivity index (χ1) is 9.08. The Morgan fingerprint density at radius 1 is 1.42 bits per heavy atom. The number of hydrogen-bond donors (Lipinski definition) is 2. The third-order valence-electron chi connectivity index (χ3n) is 2.77. The Morgan fingerprint density at radius 2 is 2.16 bits per heavy atom. The van der Waals surface area contributed by atoms with Gasteiger partial charge in [0.15, 0.2) is 4.60 Å². The van der Waals surface area contributed by atoms with Crippen LogP contribution in [0.4, 0.5) is 0 Å². The van der Waals surface area contributed by atoms with Crippen LogP contribution in [0.25, 0.3) is 0 Å². The van der Waals surface area contributed by atoms with Crippen LogP contribution in [0.1, 0.15) is 17.3 Å². The molecule has 0 fully saturated rings. The Bertz CT molecular complexity index is 567. The fourth-order valence-electron chi connectivity index (χ4n) is 1.88. The number of benzene rings is 1. The zero-order valence-corrected chi connectivity index (χ0v) is 13.6. The number of aryl methyl sites for hydroxylation is 1. The van der Waals surface area contributed by atoms with Crippen molar-refractivity contribution >= 4 is 31.9 Å². The number of nitrogens with one attached hydrogen (secondary N) is 1. The highest BCUT2D eigenvalue weighted by atomic mass is 79.9. The Hall–Kier alpha value is -0.960. The third kappa shape index (κ3) is 2.81. The Morgan fingerprint density at radius 3 is 2.68 bits per heavy atom. The molecule has 0 saturated heterocycles. The molecule has 0 bridgehead atoms. The van der Waals surface area contributed by atoms with Crippen molar-refractivity contribution in [2.45, 2.75) is 6.04 Å². The number of halogens is 2. The van der Waals surface area contributed by atoms with Crippen LogP contribution < -0.4 is 16.0 Å². The van der Waals surface area contributed by atoms with E-state index in [9.17, 15) is 0 Å². The van der Waals surface area contributed by atoms with Crippen LogP contribution in [0.5, 0.6) is 5.75 Å². The fraction of sp³-hybridized carbons (Fsp3) is 0.273. The first kappa shape index (κ1) is 14.4. The van der Waals surface area contributed by atoms with Crippen LogP contribution in [0.15, 0.2) is 27.3 Å². The van der Waals surface area contributed by atoms with Crippen molar-refractivity contribution in [2.75, 3.05) is 7.11 Å². The van der Waals surface area contributed by atoms with Gasteiger partial charge in [0.2, 0.25) is 0 Å². The lowest BCUT2D eigenvalue weighted by Crippen LogP contribution is -2.31. The molecule has 1 heterocycles. The van der Waals surface area contributed by atoms with Gasteiger partial charge in [-0.15, -0.1) is 5.10 Å². The zero-order chi connectivity index (χ0) is 14.0. The second-order valence-electron chi connectivity index (χ2n) is 3.88. The predicted molar refractivity (Wildman–Crippen MR) is 78.6 cm³/mol. The van der Waals surface area contributed by atoms with E-state index in [1.807, 2.05) is 25.2 Å². The van der Waals surface area contributed by atoms with Crippen molar-refractivity contribution in [2.24, 2.45) is 12.9 Å². The van der Waals surface area contributed by atoms with Gasteiger partial charge in [0.1, 0.15) is 5.75 Å². The minimum Gasteiger partial charge on any atom is -0.496 e. The minimum absolute atomic E-state index is 0.280. The molecule has 1 aromatic heterocycles. The van der Waals surface area contributed by atoms with Crippen LogP contribution >= 0.6 is 31.9 Å². The summed E-state index contributed by atoms with van der Waals surface area (Å²) in [7, 11) is 3.43. The van der Waals surface area contributed by atoms with E-state index in [-0.39, 0.29) is 6.04 Å². The topological polar surface area (TPSA) is 78.0 Å². The maximum atomic E-state index is 5.69. The van der Waals surface area contributed by atoms with E-state index >= 15 is 0 Å². The van der Waals surface area contributed by atoms with Crippen molar-refractivity contribution in [3.63, 3.8) is 0 Å². The molecule has 0 spiro atoms. The summed E-state index contributed by atoms with van der Waals surface area (Å²) in [6.45, 7) is 0. The van der Waals surface area contributed by atoms with Crippen molar-refractivity contribution in [1.82, 2.24) is 20.4 Å². The van der Waals surface area contributed by atoms with Gasteiger partial charge in [0.05, 0.1) is 18.8 Å². The summed E-state index contributed by atoms with van der Waals surface area (Å²) in [5.74, 6) is 6.42. The number of ether oxygens (including phenoxy) is 1. The van der Waals surface area contributed by atoms with E-state index in [1.165, 1.54) is 0 Å². The maximum absolute atomic E-state index is 5.69. The third-order valence-corrected chi connectivity index (χ3v) is 3.83. The molecular weight excluding hydrogens is 378 g/mol. The standard InChI is InChI=1S/C11H13Br2N5O/c1-18-10(11(13)16-17-18)9(15-14)7-4-3-6(12)5-8(7)19-2/h3-5,9,15H,14H2,1-2H3. The fourth-order valence-corrected chi connectivity index (χ4v) is 2.78. The van der Waals surface area contributed by atoms with Crippen LogP contribution in [0.3, 0.4) is 0 Å². The average Bonchev–Trinajstić information content (AvgIpc) is 2.73. The molecule has 102 valence electrons. The number of aromatic nitrogens is 3. The van der Waals surface area contributed by atoms with E-state index in [4.69, 9.17) is 10.6 Å². The van der Waals surface area contributed by atoms with Gasteiger partial charge in [0, 0.05) is 17.1 Å². The van der Waals surface area contributed by atoms with Crippen molar-refractivity contribution in [1.29, 1.82) is 0 Å².